The molecule has 2 bridgehead atoms. The highest BCUT2D eigenvalue weighted by atomic mass is 16.5. The summed E-state index contributed by atoms with van der Waals surface area (Å²) in [5.41, 5.74) is 2.82. The predicted octanol–water partition coefficient (Wildman–Crippen LogP) is 2.48. The molecule has 1 amide bonds. The number of aryl methyl sites for hydroxylation is 1. The maximum atomic E-state index is 12.4. The predicted molar refractivity (Wildman–Crippen MR) is 79.1 cm³/mol. The normalized spacial score (nSPS) is 27.6. The van der Waals surface area contributed by atoms with Crippen LogP contribution in [0.3, 0.4) is 0 Å². The van der Waals surface area contributed by atoms with Crippen LogP contribution < -0.4 is 10.6 Å². The molecule has 4 heteroatoms. The van der Waals surface area contributed by atoms with Crippen molar-refractivity contribution in [3.8, 4) is 0 Å². The van der Waals surface area contributed by atoms with E-state index in [9.17, 15) is 4.79 Å². The third-order valence-corrected chi connectivity index (χ3v) is 4.27. The molecule has 2 saturated heterocycles. The molecule has 0 aliphatic carbocycles. The third kappa shape index (κ3) is 2.52. The number of fused-ring (bicyclic) bond motifs is 2. The molecule has 0 aromatic heterocycles. The van der Waals surface area contributed by atoms with E-state index in [4.69, 9.17) is 4.74 Å². The summed E-state index contributed by atoms with van der Waals surface area (Å²) in [5.74, 6) is 0.0201. The van der Waals surface area contributed by atoms with E-state index in [-0.39, 0.29) is 18.1 Å². The number of carbonyl (C=O) groups excluding carboxylic acids is 1. The summed E-state index contributed by atoms with van der Waals surface area (Å²) in [4.78, 5) is 12.4. The monoisotopic (exact) mass is 274 g/mol. The third-order valence-electron chi connectivity index (χ3n) is 4.27. The van der Waals surface area contributed by atoms with Crippen LogP contribution in [0.25, 0.3) is 0 Å². The van der Waals surface area contributed by atoms with Crippen LogP contribution in [0.1, 0.15) is 42.1 Å². The molecule has 1 aromatic carbocycles. The van der Waals surface area contributed by atoms with E-state index >= 15 is 0 Å². The van der Waals surface area contributed by atoms with Crippen LogP contribution >= 0.6 is 0 Å². The maximum absolute atomic E-state index is 12.4. The fraction of sp³-hybridized carbons (Fsp3) is 0.562. The van der Waals surface area contributed by atoms with Crippen LogP contribution in [-0.4, -0.2) is 30.7 Å². The van der Waals surface area contributed by atoms with Gasteiger partial charge in [-0.2, -0.15) is 0 Å². The van der Waals surface area contributed by atoms with E-state index in [1.807, 2.05) is 25.1 Å². The molecule has 0 radical (unpaired) electrons. The Balaban J connectivity index is 1.68. The molecule has 0 saturated carbocycles. The van der Waals surface area contributed by atoms with Gasteiger partial charge in [0.15, 0.2) is 0 Å². The Morgan fingerprint density at radius 3 is 2.85 bits per heavy atom. The molecule has 2 fully saturated rings. The summed E-state index contributed by atoms with van der Waals surface area (Å²) in [6.45, 7) is 4.92. The minimum atomic E-state index is 0.0201. The molecule has 2 aliphatic rings. The average molecular weight is 274 g/mol. The molecule has 0 spiro atoms. The topological polar surface area (TPSA) is 50.4 Å². The molecule has 3 rings (SSSR count). The highest BCUT2D eigenvalue weighted by Gasteiger charge is 2.41. The number of ether oxygens (including phenoxy) is 1. The van der Waals surface area contributed by atoms with E-state index in [1.165, 1.54) is 0 Å². The first-order chi connectivity index (χ1) is 9.67. The van der Waals surface area contributed by atoms with Gasteiger partial charge in [0.1, 0.15) is 0 Å². The zero-order valence-corrected chi connectivity index (χ0v) is 12.1. The van der Waals surface area contributed by atoms with Crippen molar-refractivity contribution in [2.45, 2.75) is 51.4 Å². The lowest BCUT2D eigenvalue weighted by molar-refractivity contribution is 0.0840. The molecule has 1 aromatic rings. The van der Waals surface area contributed by atoms with Crippen molar-refractivity contribution in [1.29, 1.82) is 0 Å². The zero-order chi connectivity index (χ0) is 14.1. The van der Waals surface area contributed by atoms with E-state index in [0.717, 1.165) is 42.6 Å². The lowest BCUT2D eigenvalue weighted by Crippen LogP contribution is -2.41. The second-order valence-corrected chi connectivity index (χ2v) is 5.75. The van der Waals surface area contributed by atoms with Gasteiger partial charge in [-0.1, -0.05) is 0 Å². The van der Waals surface area contributed by atoms with Crippen molar-refractivity contribution in [3.63, 3.8) is 0 Å². The van der Waals surface area contributed by atoms with Gasteiger partial charge in [-0.3, -0.25) is 4.79 Å². The minimum absolute atomic E-state index is 0.0201. The van der Waals surface area contributed by atoms with Gasteiger partial charge in [0, 0.05) is 17.8 Å². The number of hydrogen-bond acceptors (Lipinski definition) is 3. The molecule has 3 atom stereocenters. The average Bonchev–Trinajstić information content (AvgIpc) is 3.01. The van der Waals surface area contributed by atoms with Crippen LogP contribution in [0.4, 0.5) is 5.69 Å². The number of anilines is 1. The first-order valence-electron chi connectivity index (χ1n) is 7.48. The number of amides is 1. The van der Waals surface area contributed by atoms with Crippen molar-refractivity contribution >= 4 is 11.6 Å². The van der Waals surface area contributed by atoms with Gasteiger partial charge in [-0.05, 0) is 56.9 Å². The minimum Gasteiger partial charge on any atom is -0.385 e. The summed E-state index contributed by atoms with van der Waals surface area (Å²) in [6, 6.07) is 6.07. The first-order valence-corrected chi connectivity index (χ1v) is 7.48. The van der Waals surface area contributed by atoms with E-state index < -0.39 is 0 Å². The fourth-order valence-corrected chi connectivity index (χ4v) is 3.27. The van der Waals surface area contributed by atoms with Crippen LogP contribution in [0.15, 0.2) is 18.2 Å². The van der Waals surface area contributed by atoms with Crippen molar-refractivity contribution in [3.05, 3.63) is 29.3 Å². The summed E-state index contributed by atoms with van der Waals surface area (Å²) in [7, 11) is 0. The number of carbonyl (C=O) groups is 1. The van der Waals surface area contributed by atoms with E-state index in [0.29, 0.717) is 6.10 Å². The molecule has 4 nitrogen and oxygen atoms in total. The molecular formula is C16H22N2O2. The SMILES string of the molecule is CCNc1ccc(C(=O)NC2CC3CCC2O3)c(C)c1. The Labute approximate surface area is 119 Å². The molecule has 108 valence electrons. The highest BCUT2D eigenvalue weighted by molar-refractivity contribution is 5.96. The molecule has 3 unspecified atom stereocenters. The highest BCUT2D eigenvalue weighted by Crippen LogP contribution is 2.34. The van der Waals surface area contributed by atoms with Crippen molar-refractivity contribution < 1.29 is 9.53 Å². The lowest BCUT2D eigenvalue weighted by atomic mass is 9.95. The van der Waals surface area contributed by atoms with Crippen LogP contribution in [0, 0.1) is 6.92 Å². The second-order valence-electron chi connectivity index (χ2n) is 5.75. The molecule has 2 heterocycles. The van der Waals surface area contributed by atoms with Gasteiger partial charge in [-0.15, -0.1) is 0 Å². The Morgan fingerprint density at radius 1 is 1.40 bits per heavy atom. The molecule has 2 N–H and O–H groups in total. The van der Waals surface area contributed by atoms with Gasteiger partial charge in [0.25, 0.3) is 5.91 Å². The lowest BCUT2D eigenvalue weighted by Gasteiger charge is -2.20. The molecular weight excluding hydrogens is 252 g/mol. The fourth-order valence-electron chi connectivity index (χ4n) is 3.27. The molecule has 2 aliphatic heterocycles. The molecule has 20 heavy (non-hydrogen) atoms. The van der Waals surface area contributed by atoms with Gasteiger partial charge in [0.2, 0.25) is 0 Å². The Morgan fingerprint density at radius 2 is 2.25 bits per heavy atom. The summed E-state index contributed by atoms with van der Waals surface area (Å²) < 4.78 is 5.78. The number of nitrogens with one attached hydrogen (secondary N) is 2. The summed E-state index contributed by atoms with van der Waals surface area (Å²) >= 11 is 0. The Bertz CT molecular complexity index is 515. The largest absolute Gasteiger partial charge is 0.385 e. The Hall–Kier alpha value is -1.55. The standard InChI is InChI=1S/C16H22N2O2/c1-3-17-11-4-6-13(10(2)8-11)16(19)18-14-9-12-5-7-15(14)20-12/h4,6,8,12,14-15,17H,3,5,7,9H2,1-2H3,(H,18,19). The number of rotatable bonds is 4. The van der Waals surface area contributed by atoms with E-state index in [2.05, 4.69) is 17.6 Å². The van der Waals surface area contributed by atoms with Gasteiger partial charge in [0.05, 0.1) is 18.2 Å². The summed E-state index contributed by atoms with van der Waals surface area (Å²) in [6.07, 6.45) is 3.78. The van der Waals surface area contributed by atoms with E-state index in [1.54, 1.807) is 0 Å². The van der Waals surface area contributed by atoms with Crippen molar-refractivity contribution in [2.24, 2.45) is 0 Å². The second kappa shape index (κ2) is 5.44. The van der Waals surface area contributed by atoms with Crippen LogP contribution in [-0.2, 0) is 4.74 Å². The van der Waals surface area contributed by atoms with Crippen LogP contribution in [0.2, 0.25) is 0 Å². The maximum Gasteiger partial charge on any atom is 0.251 e. The Kier molecular flexibility index (Phi) is 3.66. The smallest absolute Gasteiger partial charge is 0.251 e. The summed E-state index contributed by atoms with van der Waals surface area (Å²) in [5, 5.41) is 6.39. The zero-order valence-electron chi connectivity index (χ0n) is 12.1. The van der Waals surface area contributed by atoms with Crippen molar-refractivity contribution in [2.75, 3.05) is 11.9 Å². The van der Waals surface area contributed by atoms with Crippen LogP contribution in [0.5, 0.6) is 0 Å². The quantitative estimate of drug-likeness (QED) is 0.887. The first kappa shape index (κ1) is 13.4. The number of hydrogen-bond donors (Lipinski definition) is 2. The van der Waals surface area contributed by atoms with Gasteiger partial charge >= 0.3 is 0 Å². The van der Waals surface area contributed by atoms with Gasteiger partial charge in [-0.25, -0.2) is 0 Å². The number of benzene rings is 1. The van der Waals surface area contributed by atoms with Gasteiger partial charge < -0.3 is 15.4 Å². The van der Waals surface area contributed by atoms with Crippen molar-refractivity contribution in [1.82, 2.24) is 5.32 Å².